The molecular formula is C15H12BrF2N3. The first-order valence-electron chi connectivity index (χ1n) is 6.38. The van der Waals surface area contributed by atoms with E-state index >= 15 is 0 Å². The van der Waals surface area contributed by atoms with Crippen LogP contribution < -0.4 is 5.32 Å². The highest BCUT2D eigenvalue weighted by molar-refractivity contribution is 9.10. The van der Waals surface area contributed by atoms with E-state index < -0.39 is 0 Å². The first-order valence-corrected chi connectivity index (χ1v) is 7.18. The van der Waals surface area contributed by atoms with Gasteiger partial charge >= 0.3 is 0 Å². The Labute approximate surface area is 128 Å². The largest absolute Gasteiger partial charge is 0.357 e. The molecule has 0 atom stereocenters. The maximum atomic E-state index is 13.3. The molecule has 2 heterocycles. The Kier molecular flexibility index (Phi) is 3.98. The van der Waals surface area contributed by atoms with Crippen molar-refractivity contribution in [3.8, 4) is 0 Å². The fraction of sp³-hybridized carbons (Fsp3) is 0.133. The number of aromatic amines is 1. The number of rotatable bonds is 4. The van der Waals surface area contributed by atoms with E-state index in [-0.39, 0.29) is 11.6 Å². The van der Waals surface area contributed by atoms with Crippen molar-refractivity contribution in [2.45, 2.75) is 13.1 Å². The van der Waals surface area contributed by atoms with E-state index in [9.17, 15) is 8.78 Å². The Morgan fingerprint density at radius 3 is 2.71 bits per heavy atom. The molecule has 0 fully saturated rings. The number of hydrogen-bond acceptors (Lipinski definition) is 2. The molecule has 0 bridgehead atoms. The molecule has 2 aromatic heterocycles. The Hall–Kier alpha value is -1.79. The molecule has 0 radical (unpaired) electrons. The minimum absolute atomic E-state index is 0.290. The second kappa shape index (κ2) is 5.91. The molecule has 0 saturated carbocycles. The van der Waals surface area contributed by atoms with Crippen LogP contribution in [-0.4, -0.2) is 9.97 Å². The number of halogens is 3. The van der Waals surface area contributed by atoms with Crippen LogP contribution in [0.4, 0.5) is 8.78 Å². The Balaban J connectivity index is 1.69. The van der Waals surface area contributed by atoms with Crippen molar-refractivity contribution in [1.29, 1.82) is 0 Å². The molecule has 2 N–H and O–H groups in total. The summed E-state index contributed by atoms with van der Waals surface area (Å²) in [5.41, 5.74) is 2.45. The van der Waals surface area contributed by atoms with E-state index in [1.807, 2.05) is 6.07 Å². The normalized spacial score (nSPS) is 11.2. The molecule has 3 aromatic rings. The molecule has 0 spiro atoms. The number of H-pyrrole nitrogens is 1. The maximum Gasteiger partial charge on any atom is 0.141 e. The van der Waals surface area contributed by atoms with Crippen LogP contribution in [0.1, 0.15) is 11.3 Å². The van der Waals surface area contributed by atoms with Gasteiger partial charge < -0.3 is 10.3 Å². The molecule has 6 heteroatoms. The van der Waals surface area contributed by atoms with Gasteiger partial charge in [0.1, 0.15) is 11.6 Å². The zero-order valence-corrected chi connectivity index (χ0v) is 12.5. The smallest absolute Gasteiger partial charge is 0.141 e. The zero-order valence-electron chi connectivity index (χ0n) is 11.0. The van der Waals surface area contributed by atoms with Crippen molar-refractivity contribution in [2.75, 3.05) is 0 Å². The van der Waals surface area contributed by atoms with Gasteiger partial charge in [-0.15, -0.1) is 0 Å². The van der Waals surface area contributed by atoms with Gasteiger partial charge in [-0.25, -0.2) is 8.78 Å². The summed E-state index contributed by atoms with van der Waals surface area (Å²) >= 11 is 3.34. The maximum absolute atomic E-state index is 13.3. The molecule has 0 aliphatic heterocycles. The first kappa shape index (κ1) is 14.2. The number of hydrogen-bond donors (Lipinski definition) is 2. The molecule has 0 aliphatic rings. The fourth-order valence-corrected chi connectivity index (χ4v) is 2.75. The van der Waals surface area contributed by atoms with E-state index in [2.05, 4.69) is 31.2 Å². The predicted octanol–water partition coefficient (Wildman–Crippen LogP) is 3.89. The van der Waals surface area contributed by atoms with Crippen molar-refractivity contribution >= 4 is 26.8 Å². The fourth-order valence-electron chi connectivity index (χ4n) is 2.21. The van der Waals surface area contributed by atoms with Gasteiger partial charge in [-0.05, 0) is 45.8 Å². The minimum atomic E-state index is -0.348. The third kappa shape index (κ3) is 3.28. The van der Waals surface area contributed by atoms with Crippen LogP contribution in [0.15, 0.2) is 41.1 Å². The van der Waals surface area contributed by atoms with Crippen molar-refractivity contribution in [2.24, 2.45) is 0 Å². The van der Waals surface area contributed by atoms with Gasteiger partial charge in [0.05, 0.1) is 6.20 Å². The number of benzene rings is 1. The summed E-state index contributed by atoms with van der Waals surface area (Å²) in [6, 6.07) is 6.29. The quantitative estimate of drug-likeness (QED) is 0.748. The van der Waals surface area contributed by atoms with E-state index in [4.69, 9.17) is 0 Å². The number of aromatic nitrogens is 2. The predicted molar refractivity (Wildman–Crippen MR) is 80.7 cm³/mol. The molecule has 0 saturated heterocycles. The summed E-state index contributed by atoms with van der Waals surface area (Å²) in [4.78, 5) is 6.95. The molecule has 3 rings (SSSR count). The van der Waals surface area contributed by atoms with Gasteiger partial charge in [-0.3, -0.25) is 4.98 Å². The van der Waals surface area contributed by atoms with Gasteiger partial charge in [0.2, 0.25) is 0 Å². The Morgan fingerprint density at radius 1 is 1.05 bits per heavy atom. The number of nitrogens with zero attached hydrogens (tertiary/aromatic N) is 1. The second-order valence-electron chi connectivity index (χ2n) is 4.76. The van der Waals surface area contributed by atoms with E-state index in [0.717, 1.165) is 22.2 Å². The van der Waals surface area contributed by atoms with Crippen LogP contribution in [0.25, 0.3) is 10.9 Å². The van der Waals surface area contributed by atoms with Crippen molar-refractivity contribution in [3.63, 3.8) is 0 Å². The van der Waals surface area contributed by atoms with E-state index in [1.165, 1.54) is 24.4 Å². The summed E-state index contributed by atoms with van der Waals surface area (Å²) in [6.45, 7) is 1.08. The molecule has 108 valence electrons. The van der Waals surface area contributed by atoms with Crippen molar-refractivity contribution in [3.05, 3.63) is 64.0 Å². The Bertz CT molecular complexity index is 786. The monoisotopic (exact) mass is 351 g/mol. The lowest BCUT2D eigenvalue weighted by molar-refractivity contribution is 0.612. The Morgan fingerprint density at radius 2 is 1.90 bits per heavy atom. The average Bonchev–Trinajstić information content (AvgIpc) is 2.82. The van der Waals surface area contributed by atoms with Crippen LogP contribution in [0.5, 0.6) is 0 Å². The van der Waals surface area contributed by atoms with Gasteiger partial charge in [0, 0.05) is 40.4 Å². The van der Waals surface area contributed by atoms with Gasteiger partial charge in [0.15, 0.2) is 0 Å². The SMILES string of the molecule is Fc1cncc(CNCc2cc3c(Br)cc(F)cc3[nH]2)c1. The van der Waals surface area contributed by atoms with Gasteiger partial charge in [0.25, 0.3) is 0 Å². The molecule has 1 aromatic carbocycles. The number of fused-ring (bicyclic) bond motifs is 1. The summed E-state index contributed by atoms with van der Waals surface area (Å²) in [7, 11) is 0. The van der Waals surface area contributed by atoms with Gasteiger partial charge in [-0.2, -0.15) is 0 Å². The van der Waals surface area contributed by atoms with Crippen LogP contribution in [0.3, 0.4) is 0 Å². The highest BCUT2D eigenvalue weighted by Gasteiger charge is 2.06. The highest BCUT2D eigenvalue weighted by Crippen LogP contribution is 2.26. The van der Waals surface area contributed by atoms with Crippen LogP contribution in [0, 0.1) is 11.6 Å². The molecule has 0 aliphatic carbocycles. The average molecular weight is 352 g/mol. The standard InChI is InChI=1S/C15H12BrF2N3/c16-14-2-10(17)3-15-13(14)4-12(21-15)8-20-6-9-1-11(18)7-19-5-9/h1-5,7,20-21H,6,8H2. The van der Waals surface area contributed by atoms with Crippen LogP contribution in [0.2, 0.25) is 0 Å². The van der Waals surface area contributed by atoms with Crippen LogP contribution in [-0.2, 0) is 13.1 Å². The molecule has 3 nitrogen and oxygen atoms in total. The summed E-state index contributed by atoms with van der Waals surface area (Å²) in [5.74, 6) is -0.638. The zero-order chi connectivity index (χ0) is 14.8. The third-order valence-electron chi connectivity index (χ3n) is 3.11. The van der Waals surface area contributed by atoms with Crippen molar-refractivity contribution in [1.82, 2.24) is 15.3 Å². The topological polar surface area (TPSA) is 40.7 Å². The third-order valence-corrected chi connectivity index (χ3v) is 3.77. The summed E-state index contributed by atoms with van der Waals surface area (Å²) in [6.07, 6.45) is 2.79. The summed E-state index contributed by atoms with van der Waals surface area (Å²) < 4.78 is 27.0. The lowest BCUT2D eigenvalue weighted by atomic mass is 10.2. The molecule has 0 unspecified atom stereocenters. The van der Waals surface area contributed by atoms with E-state index in [0.29, 0.717) is 17.6 Å². The highest BCUT2D eigenvalue weighted by atomic mass is 79.9. The van der Waals surface area contributed by atoms with E-state index in [1.54, 1.807) is 6.20 Å². The molecule has 21 heavy (non-hydrogen) atoms. The second-order valence-corrected chi connectivity index (χ2v) is 5.61. The van der Waals surface area contributed by atoms with Crippen molar-refractivity contribution < 1.29 is 8.78 Å². The number of pyridine rings is 1. The first-order chi connectivity index (χ1) is 10.1. The molecule has 0 amide bonds. The lowest BCUT2D eigenvalue weighted by Gasteiger charge is -2.03. The minimum Gasteiger partial charge on any atom is -0.357 e. The van der Waals surface area contributed by atoms with Gasteiger partial charge in [-0.1, -0.05) is 0 Å². The number of nitrogens with one attached hydrogen (secondary N) is 2. The molecular weight excluding hydrogens is 340 g/mol. The lowest BCUT2D eigenvalue weighted by Crippen LogP contribution is -2.13. The van der Waals surface area contributed by atoms with Crippen LogP contribution >= 0.6 is 15.9 Å². The summed E-state index contributed by atoms with van der Waals surface area (Å²) in [5, 5.41) is 4.12.